The maximum Gasteiger partial charge on any atom is 0.308 e. The van der Waals surface area contributed by atoms with Gasteiger partial charge in [-0.2, -0.15) is 0 Å². The minimum absolute atomic E-state index is 0.107. The van der Waals surface area contributed by atoms with Crippen molar-refractivity contribution in [2.45, 2.75) is 17.7 Å². The van der Waals surface area contributed by atoms with Crippen LogP contribution in [0.2, 0.25) is 0 Å². The van der Waals surface area contributed by atoms with E-state index in [0.717, 1.165) is 0 Å². The maximum atomic E-state index is 13.1. The fourth-order valence-electron chi connectivity index (χ4n) is 3.48. The van der Waals surface area contributed by atoms with Gasteiger partial charge in [0, 0.05) is 31.9 Å². The van der Waals surface area contributed by atoms with Crippen LogP contribution in [0.5, 0.6) is 0 Å². The fourth-order valence-corrected chi connectivity index (χ4v) is 4.02. The van der Waals surface area contributed by atoms with Gasteiger partial charge in [0.15, 0.2) is 0 Å². The number of hydrogen-bond donors (Lipinski definition) is 2. The van der Waals surface area contributed by atoms with Crippen LogP contribution in [0.15, 0.2) is 23.1 Å². The number of piperidine rings is 1. The van der Waals surface area contributed by atoms with Gasteiger partial charge in [-0.3, -0.25) is 9.59 Å². The summed E-state index contributed by atoms with van der Waals surface area (Å²) in [6.45, 7) is 2.71. The highest BCUT2D eigenvalue weighted by Crippen LogP contribution is 2.28. The van der Waals surface area contributed by atoms with Crippen molar-refractivity contribution in [3.63, 3.8) is 0 Å². The van der Waals surface area contributed by atoms with E-state index in [1.165, 1.54) is 17.0 Å². The standard InChI is InChI=1S/C17H23N3O6S/c18-27(24,25)13-3-4-15(19-6-8-26-9-7-19)14(10-13)16(21)20-5-1-2-12(11-20)17(22)23/h3-4,10,12H,1-2,5-9,11H2,(H,22,23)(H2,18,24,25). The minimum atomic E-state index is -3.97. The Hall–Kier alpha value is -2.17. The van der Waals surface area contributed by atoms with Gasteiger partial charge in [-0.15, -0.1) is 0 Å². The quantitative estimate of drug-likeness (QED) is 0.737. The number of primary sulfonamides is 1. The SMILES string of the molecule is NS(=O)(=O)c1ccc(N2CCOCC2)c(C(=O)N2CCCC(C(=O)O)C2)c1. The number of likely N-dealkylation sites (tertiary alicyclic amines) is 1. The predicted octanol–water partition coefficient (Wildman–Crippen LogP) is 0.107. The van der Waals surface area contributed by atoms with Gasteiger partial charge in [-0.05, 0) is 31.0 Å². The topological polar surface area (TPSA) is 130 Å². The van der Waals surface area contributed by atoms with E-state index >= 15 is 0 Å². The van der Waals surface area contributed by atoms with Gasteiger partial charge in [0.05, 0.1) is 29.6 Å². The summed E-state index contributed by atoms with van der Waals surface area (Å²) in [4.78, 5) is 27.8. The predicted molar refractivity (Wildman–Crippen MR) is 97.1 cm³/mol. The molecule has 0 aromatic heterocycles. The van der Waals surface area contributed by atoms with Crippen LogP contribution < -0.4 is 10.0 Å². The number of carboxylic acid groups (broad SMARTS) is 1. The fraction of sp³-hybridized carbons (Fsp3) is 0.529. The van der Waals surface area contributed by atoms with Crippen LogP contribution in [0.3, 0.4) is 0 Å². The lowest BCUT2D eigenvalue weighted by Gasteiger charge is -2.34. The number of carbonyl (C=O) groups is 2. The van der Waals surface area contributed by atoms with Crippen molar-refractivity contribution in [1.29, 1.82) is 0 Å². The summed E-state index contributed by atoms with van der Waals surface area (Å²) in [5, 5.41) is 14.5. The number of aliphatic carboxylic acids is 1. The number of morpholine rings is 1. The van der Waals surface area contributed by atoms with Crippen LogP contribution in [0.25, 0.3) is 0 Å². The molecule has 2 saturated heterocycles. The number of benzene rings is 1. The highest BCUT2D eigenvalue weighted by molar-refractivity contribution is 7.89. The van der Waals surface area contributed by atoms with Crippen molar-refractivity contribution < 1.29 is 27.9 Å². The number of amides is 1. The monoisotopic (exact) mass is 397 g/mol. The van der Waals surface area contributed by atoms with E-state index in [4.69, 9.17) is 9.88 Å². The second kappa shape index (κ2) is 7.83. The van der Waals surface area contributed by atoms with Crippen molar-refractivity contribution in [2.75, 3.05) is 44.3 Å². The van der Waals surface area contributed by atoms with Crippen molar-refractivity contribution in [2.24, 2.45) is 11.1 Å². The van der Waals surface area contributed by atoms with E-state index in [1.807, 2.05) is 4.90 Å². The molecule has 27 heavy (non-hydrogen) atoms. The van der Waals surface area contributed by atoms with Crippen molar-refractivity contribution >= 4 is 27.6 Å². The smallest absolute Gasteiger partial charge is 0.308 e. The number of nitrogens with two attached hydrogens (primary N) is 1. The van der Waals surface area contributed by atoms with Crippen LogP contribution in [0, 0.1) is 5.92 Å². The number of rotatable bonds is 4. The van der Waals surface area contributed by atoms with Crippen molar-refractivity contribution in [3.05, 3.63) is 23.8 Å². The van der Waals surface area contributed by atoms with Gasteiger partial charge in [-0.1, -0.05) is 0 Å². The first-order valence-electron chi connectivity index (χ1n) is 8.79. The Labute approximate surface area is 157 Å². The molecular weight excluding hydrogens is 374 g/mol. The first kappa shape index (κ1) is 19.6. The summed E-state index contributed by atoms with van der Waals surface area (Å²) in [5.41, 5.74) is 0.822. The molecule has 9 nitrogen and oxygen atoms in total. The zero-order valence-electron chi connectivity index (χ0n) is 14.8. The van der Waals surface area contributed by atoms with Gasteiger partial charge < -0.3 is 19.6 Å². The molecule has 0 spiro atoms. The van der Waals surface area contributed by atoms with Crippen LogP contribution >= 0.6 is 0 Å². The van der Waals surface area contributed by atoms with Crippen LogP contribution in [-0.4, -0.2) is 69.7 Å². The molecule has 2 heterocycles. The summed E-state index contributed by atoms with van der Waals surface area (Å²) < 4.78 is 28.8. The molecule has 10 heteroatoms. The Morgan fingerprint density at radius 2 is 1.89 bits per heavy atom. The molecule has 1 aromatic rings. The van der Waals surface area contributed by atoms with Crippen LogP contribution in [-0.2, 0) is 19.6 Å². The van der Waals surface area contributed by atoms with E-state index in [2.05, 4.69) is 0 Å². The first-order valence-corrected chi connectivity index (χ1v) is 10.3. The molecule has 1 atom stereocenters. The molecule has 2 aliphatic heterocycles. The van der Waals surface area contributed by atoms with Crippen LogP contribution in [0.1, 0.15) is 23.2 Å². The summed E-state index contributed by atoms with van der Waals surface area (Å²) >= 11 is 0. The summed E-state index contributed by atoms with van der Waals surface area (Å²) in [5.74, 6) is -1.93. The molecule has 2 aliphatic rings. The van der Waals surface area contributed by atoms with Crippen molar-refractivity contribution in [1.82, 2.24) is 4.90 Å². The minimum Gasteiger partial charge on any atom is -0.481 e. The zero-order chi connectivity index (χ0) is 19.6. The molecule has 148 valence electrons. The molecule has 0 aliphatic carbocycles. The number of anilines is 1. The Morgan fingerprint density at radius 1 is 1.19 bits per heavy atom. The number of ether oxygens (including phenoxy) is 1. The molecule has 3 N–H and O–H groups in total. The summed E-state index contributed by atoms with van der Waals surface area (Å²) in [6, 6.07) is 4.25. The molecule has 1 amide bonds. The van der Waals surface area contributed by atoms with Gasteiger partial charge in [-0.25, -0.2) is 13.6 Å². The number of hydrogen-bond acceptors (Lipinski definition) is 6. The average Bonchev–Trinajstić information content (AvgIpc) is 2.67. The number of carbonyl (C=O) groups excluding carboxylic acids is 1. The van der Waals surface area contributed by atoms with Crippen molar-refractivity contribution in [3.8, 4) is 0 Å². The number of sulfonamides is 1. The van der Waals surface area contributed by atoms with Crippen LogP contribution in [0.4, 0.5) is 5.69 Å². The lowest BCUT2D eigenvalue weighted by Crippen LogP contribution is -2.43. The third-order valence-electron chi connectivity index (χ3n) is 4.94. The molecular formula is C17H23N3O6S. The Balaban J connectivity index is 1.97. The number of nitrogens with zero attached hydrogens (tertiary/aromatic N) is 2. The molecule has 3 rings (SSSR count). The normalized spacial score (nSPS) is 21.1. The van der Waals surface area contributed by atoms with Gasteiger partial charge in [0.2, 0.25) is 10.0 Å². The van der Waals surface area contributed by atoms with Gasteiger partial charge >= 0.3 is 5.97 Å². The third-order valence-corrected chi connectivity index (χ3v) is 5.85. The Kier molecular flexibility index (Phi) is 5.68. The van der Waals surface area contributed by atoms with E-state index in [9.17, 15) is 23.1 Å². The molecule has 0 radical (unpaired) electrons. The Morgan fingerprint density at radius 3 is 2.52 bits per heavy atom. The van der Waals surface area contributed by atoms with E-state index in [-0.39, 0.29) is 22.9 Å². The molecule has 1 unspecified atom stereocenters. The molecule has 0 bridgehead atoms. The lowest BCUT2D eigenvalue weighted by atomic mass is 9.97. The largest absolute Gasteiger partial charge is 0.481 e. The molecule has 1 aromatic carbocycles. The highest BCUT2D eigenvalue weighted by Gasteiger charge is 2.31. The summed E-state index contributed by atoms with van der Waals surface area (Å²) in [6.07, 6.45) is 1.11. The second-order valence-electron chi connectivity index (χ2n) is 6.75. The van der Waals surface area contributed by atoms with E-state index in [0.29, 0.717) is 51.4 Å². The van der Waals surface area contributed by atoms with Gasteiger partial charge in [0.25, 0.3) is 5.91 Å². The maximum absolute atomic E-state index is 13.1. The molecule has 0 saturated carbocycles. The lowest BCUT2D eigenvalue weighted by molar-refractivity contribution is -0.143. The number of carboxylic acids is 1. The van der Waals surface area contributed by atoms with E-state index in [1.54, 1.807) is 6.07 Å². The third kappa shape index (κ3) is 4.40. The first-order chi connectivity index (χ1) is 12.8. The zero-order valence-corrected chi connectivity index (χ0v) is 15.7. The second-order valence-corrected chi connectivity index (χ2v) is 8.31. The summed E-state index contributed by atoms with van der Waals surface area (Å²) in [7, 11) is -3.97. The Bertz CT molecular complexity index is 835. The van der Waals surface area contributed by atoms with E-state index < -0.39 is 21.9 Å². The average molecular weight is 397 g/mol. The van der Waals surface area contributed by atoms with Gasteiger partial charge in [0.1, 0.15) is 0 Å². The molecule has 2 fully saturated rings. The highest BCUT2D eigenvalue weighted by atomic mass is 32.2.